The average Bonchev–Trinajstić information content (AvgIpc) is 2.37. The van der Waals surface area contributed by atoms with Gasteiger partial charge in [-0.3, -0.25) is 0 Å². The number of hydrogen-bond acceptors (Lipinski definition) is 1. The van der Waals surface area contributed by atoms with E-state index in [2.05, 4.69) is 19.6 Å². The smallest absolute Gasteiger partial charge is 0.00450 e. The van der Waals surface area contributed by atoms with Crippen molar-refractivity contribution in [1.82, 2.24) is 0 Å². The van der Waals surface area contributed by atoms with Crippen LogP contribution in [-0.2, 0) is 0 Å². The van der Waals surface area contributed by atoms with Crippen molar-refractivity contribution in [3.05, 3.63) is 6.92 Å². The number of thiol groups is 1. The van der Waals surface area contributed by atoms with Crippen LogP contribution in [0.15, 0.2) is 0 Å². The fourth-order valence-corrected chi connectivity index (χ4v) is 1.88. The van der Waals surface area contributed by atoms with Crippen molar-refractivity contribution in [3.63, 3.8) is 0 Å². The van der Waals surface area contributed by atoms with Gasteiger partial charge in [-0.2, -0.15) is 12.6 Å². The van der Waals surface area contributed by atoms with Crippen molar-refractivity contribution in [2.24, 2.45) is 5.92 Å². The van der Waals surface area contributed by atoms with E-state index in [1.807, 2.05) is 0 Å². The van der Waals surface area contributed by atoms with Crippen molar-refractivity contribution < 1.29 is 0 Å². The van der Waals surface area contributed by atoms with Gasteiger partial charge in [0, 0.05) is 5.25 Å². The Morgan fingerprint density at radius 3 is 2.44 bits per heavy atom. The van der Waals surface area contributed by atoms with Crippen molar-refractivity contribution in [2.75, 3.05) is 0 Å². The third kappa shape index (κ3) is 1.89. The lowest BCUT2D eigenvalue weighted by Gasteiger charge is -2.14. The van der Waals surface area contributed by atoms with Crippen LogP contribution in [-0.4, -0.2) is 5.25 Å². The van der Waals surface area contributed by atoms with Crippen LogP contribution in [0, 0.1) is 12.8 Å². The molecule has 0 saturated heterocycles. The van der Waals surface area contributed by atoms with Crippen LogP contribution in [0.5, 0.6) is 0 Å². The molecule has 0 aromatic carbocycles. The second-order valence-electron chi connectivity index (χ2n) is 2.90. The maximum Gasteiger partial charge on any atom is 0.00450 e. The summed E-state index contributed by atoms with van der Waals surface area (Å²) in [7, 11) is 0. The minimum atomic E-state index is 0.576. The van der Waals surface area contributed by atoms with Crippen LogP contribution in [0.4, 0.5) is 0 Å². The van der Waals surface area contributed by atoms with E-state index in [1.165, 1.54) is 25.7 Å². The summed E-state index contributed by atoms with van der Waals surface area (Å²) >= 11 is 4.46. The van der Waals surface area contributed by atoms with Gasteiger partial charge in [-0.15, -0.1) is 0 Å². The second kappa shape index (κ2) is 3.50. The molecule has 1 aliphatic rings. The summed E-state index contributed by atoms with van der Waals surface area (Å²) in [6.07, 6.45) is 6.62. The molecule has 1 aliphatic carbocycles. The van der Waals surface area contributed by atoms with Crippen LogP contribution in [0.3, 0.4) is 0 Å². The third-order valence-electron chi connectivity index (χ3n) is 2.24. The van der Waals surface area contributed by atoms with Crippen LogP contribution in [0.2, 0.25) is 0 Å². The first kappa shape index (κ1) is 7.46. The third-order valence-corrected chi connectivity index (χ3v) is 2.92. The van der Waals surface area contributed by atoms with Gasteiger partial charge in [0.2, 0.25) is 0 Å². The summed E-state index contributed by atoms with van der Waals surface area (Å²) in [5, 5.41) is 0.576. The van der Waals surface area contributed by atoms with Crippen molar-refractivity contribution in [3.8, 4) is 0 Å². The lowest BCUT2D eigenvalue weighted by atomic mass is 10.0. The second-order valence-corrected chi connectivity index (χ2v) is 3.56. The molecule has 0 spiro atoms. The molecule has 1 fully saturated rings. The Labute approximate surface area is 63.4 Å². The zero-order valence-corrected chi connectivity index (χ0v) is 6.74. The van der Waals surface area contributed by atoms with Crippen molar-refractivity contribution >= 4 is 12.6 Å². The van der Waals surface area contributed by atoms with Gasteiger partial charge < -0.3 is 0 Å². The van der Waals surface area contributed by atoms with Gasteiger partial charge in [0.25, 0.3) is 0 Å². The first-order chi connectivity index (χ1) is 4.34. The molecule has 1 rings (SSSR count). The molecule has 0 heterocycles. The molecule has 1 atom stereocenters. The summed E-state index contributed by atoms with van der Waals surface area (Å²) in [5.74, 6) is 0.880. The molecule has 1 saturated carbocycles. The van der Waals surface area contributed by atoms with Gasteiger partial charge in [0.15, 0.2) is 0 Å². The quantitative estimate of drug-likeness (QED) is 0.564. The topological polar surface area (TPSA) is 0 Å². The SMILES string of the molecule is [CH2]CC(S)C1CCCC1. The van der Waals surface area contributed by atoms with E-state index in [0.29, 0.717) is 5.25 Å². The van der Waals surface area contributed by atoms with E-state index in [0.717, 1.165) is 12.3 Å². The largest absolute Gasteiger partial charge is 0.176 e. The van der Waals surface area contributed by atoms with Gasteiger partial charge in [0.1, 0.15) is 0 Å². The molecule has 1 radical (unpaired) electrons. The van der Waals surface area contributed by atoms with Gasteiger partial charge in [-0.1, -0.05) is 19.8 Å². The number of hydrogen-bond donors (Lipinski definition) is 1. The van der Waals surface area contributed by atoms with Crippen molar-refractivity contribution in [1.29, 1.82) is 0 Å². The van der Waals surface area contributed by atoms with Crippen LogP contribution >= 0.6 is 12.6 Å². The molecule has 0 nitrogen and oxygen atoms in total. The zero-order chi connectivity index (χ0) is 6.69. The fraction of sp³-hybridized carbons (Fsp3) is 0.875. The van der Waals surface area contributed by atoms with Crippen LogP contribution in [0.25, 0.3) is 0 Å². The lowest BCUT2D eigenvalue weighted by molar-refractivity contribution is 0.525. The Morgan fingerprint density at radius 1 is 1.44 bits per heavy atom. The minimum absolute atomic E-state index is 0.576. The molecule has 1 heteroatoms. The Balaban J connectivity index is 2.24. The van der Waals surface area contributed by atoms with E-state index >= 15 is 0 Å². The summed E-state index contributed by atoms with van der Waals surface area (Å²) < 4.78 is 0. The number of rotatable bonds is 2. The molecular weight excluding hydrogens is 128 g/mol. The van der Waals surface area contributed by atoms with Crippen molar-refractivity contribution in [2.45, 2.75) is 37.4 Å². The molecular formula is C8H15S. The van der Waals surface area contributed by atoms with Crippen LogP contribution in [0.1, 0.15) is 32.1 Å². The predicted molar refractivity (Wildman–Crippen MR) is 44.7 cm³/mol. The predicted octanol–water partition coefficient (Wildman–Crippen LogP) is 2.70. The minimum Gasteiger partial charge on any atom is -0.176 e. The van der Waals surface area contributed by atoms with E-state index in [4.69, 9.17) is 0 Å². The molecule has 0 aromatic rings. The van der Waals surface area contributed by atoms with E-state index in [1.54, 1.807) is 0 Å². The molecule has 0 bridgehead atoms. The zero-order valence-electron chi connectivity index (χ0n) is 5.84. The molecule has 0 amide bonds. The Kier molecular flexibility index (Phi) is 2.90. The average molecular weight is 143 g/mol. The maximum atomic E-state index is 4.46. The highest BCUT2D eigenvalue weighted by molar-refractivity contribution is 7.81. The lowest BCUT2D eigenvalue weighted by Crippen LogP contribution is -2.09. The highest BCUT2D eigenvalue weighted by Gasteiger charge is 2.20. The Morgan fingerprint density at radius 2 is 2.00 bits per heavy atom. The van der Waals surface area contributed by atoms with Crippen LogP contribution < -0.4 is 0 Å². The first-order valence-corrected chi connectivity index (χ1v) is 4.33. The van der Waals surface area contributed by atoms with Gasteiger partial charge >= 0.3 is 0 Å². The van der Waals surface area contributed by atoms with E-state index in [9.17, 15) is 0 Å². The fourth-order valence-electron chi connectivity index (χ4n) is 1.58. The summed E-state index contributed by atoms with van der Waals surface area (Å²) in [4.78, 5) is 0. The standard InChI is InChI=1S/C8H15S/c1-2-8(9)7-5-3-4-6-7/h7-9H,1-6H2. The maximum absolute atomic E-state index is 4.46. The van der Waals surface area contributed by atoms with Gasteiger partial charge in [-0.05, 0) is 25.2 Å². The summed E-state index contributed by atoms with van der Waals surface area (Å²) in [6, 6.07) is 0. The molecule has 53 valence electrons. The van der Waals surface area contributed by atoms with Gasteiger partial charge in [-0.25, -0.2) is 0 Å². The Hall–Kier alpha value is 0.350. The van der Waals surface area contributed by atoms with E-state index < -0.39 is 0 Å². The monoisotopic (exact) mass is 143 g/mol. The van der Waals surface area contributed by atoms with E-state index in [-0.39, 0.29) is 0 Å². The molecule has 0 N–H and O–H groups in total. The molecule has 9 heavy (non-hydrogen) atoms. The summed E-state index contributed by atoms with van der Waals surface area (Å²) in [6.45, 7) is 3.85. The summed E-state index contributed by atoms with van der Waals surface area (Å²) in [5.41, 5.74) is 0. The molecule has 1 unspecified atom stereocenters. The highest BCUT2D eigenvalue weighted by Crippen LogP contribution is 2.31. The molecule has 0 aliphatic heterocycles. The van der Waals surface area contributed by atoms with Gasteiger partial charge in [0.05, 0.1) is 0 Å². The Bertz CT molecular complexity index is 74.6. The molecule has 0 aromatic heterocycles. The first-order valence-electron chi connectivity index (χ1n) is 3.82. The highest BCUT2D eigenvalue weighted by atomic mass is 32.1. The normalized spacial score (nSPS) is 24.7.